The highest BCUT2D eigenvalue weighted by Crippen LogP contribution is 2.39. The van der Waals surface area contributed by atoms with Crippen LogP contribution in [0.5, 0.6) is 0 Å². The van der Waals surface area contributed by atoms with Gasteiger partial charge in [0.25, 0.3) is 0 Å². The van der Waals surface area contributed by atoms with E-state index in [2.05, 4.69) is 16.7 Å². The van der Waals surface area contributed by atoms with Crippen LogP contribution in [0.1, 0.15) is 53.7 Å². The van der Waals surface area contributed by atoms with Crippen molar-refractivity contribution < 1.29 is 19.4 Å². The fourth-order valence-electron chi connectivity index (χ4n) is 4.32. The average molecular weight is 486 g/mol. The number of hydrogen-bond donors (Lipinski definition) is 3. The smallest absolute Gasteiger partial charge is 0.407 e. The maximum Gasteiger partial charge on any atom is 0.407 e. The minimum absolute atomic E-state index is 0.0642. The first kappa shape index (κ1) is 23.5. The Morgan fingerprint density at radius 1 is 1.27 bits per heavy atom. The highest BCUT2D eigenvalue weighted by Gasteiger charge is 2.28. The molecule has 0 aromatic carbocycles. The molecule has 2 aliphatic carbocycles. The summed E-state index contributed by atoms with van der Waals surface area (Å²) in [5.41, 5.74) is 2.51. The number of nitriles is 1. The molecule has 2 aromatic rings. The monoisotopic (exact) mass is 485 g/mol. The second-order valence-electron chi connectivity index (χ2n) is 8.56. The number of alkyl carbamates (subject to hydrolysis) is 1. The fraction of sp³-hybridized carbons (Fsp3) is 0.458. The molecule has 2 aliphatic rings. The van der Waals surface area contributed by atoms with Crippen LogP contribution in [-0.4, -0.2) is 35.9 Å². The first-order valence-electron chi connectivity index (χ1n) is 11.2. The number of thiophene rings is 2. The Hall–Kier alpha value is -2.67. The lowest BCUT2D eigenvalue weighted by molar-refractivity contribution is -0.111. The summed E-state index contributed by atoms with van der Waals surface area (Å²) in [5, 5.41) is 29.5. The number of ether oxygens (including phenoxy) is 1. The maximum absolute atomic E-state index is 12.3. The first-order chi connectivity index (χ1) is 16.0. The summed E-state index contributed by atoms with van der Waals surface area (Å²) >= 11 is 3.00. The highest BCUT2D eigenvalue weighted by molar-refractivity contribution is 7.16. The molecule has 1 saturated carbocycles. The largest absolute Gasteiger partial charge is 0.449 e. The molecule has 2 amide bonds. The van der Waals surface area contributed by atoms with Crippen molar-refractivity contribution in [3.63, 3.8) is 0 Å². The second-order valence-corrected chi connectivity index (χ2v) is 10.4. The SMILES string of the molecule is N#Cc1c(NC(=O)C=Cc2ccsc2)sc2c1CCC(COC(=O)NC1CCC(O)CC1)C2. The number of nitrogens with one attached hydrogen (secondary N) is 2. The summed E-state index contributed by atoms with van der Waals surface area (Å²) in [6.45, 7) is 0.325. The van der Waals surface area contributed by atoms with Crippen LogP contribution in [0.2, 0.25) is 0 Å². The fourth-order valence-corrected chi connectivity index (χ4v) is 6.26. The van der Waals surface area contributed by atoms with Gasteiger partial charge in [-0.15, -0.1) is 11.3 Å². The van der Waals surface area contributed by atoms with Gasteiger partial charge in [0.2, 0.25) is 5.91 Å². The molecule has 2 heterocycles. The zero-order chi connectivity index (χ0) is 23.2. The van der Waals surface area contributed by atoms with Crippen LogP contribution in [0.4, 0.5) is 9.80 Å². The van der Waals surface area contributed by atoms with Crippen molar-refractivity contribution >= 4 is 45.8 Å². The Morgan fingerprint density at radius 2 is 2.09 bits per heavy atom. The molecule has 3 N–H and O–H groups in total. The number of carbonyl (C=O) groups is 2. The van der Waals surface area contributed by atoms with Crippen LogP contribution in [0.25, 0.3) is 6.08 Å². The van der Waals surface area contributed by atoms with Crippen molar-refractivity contribution in [3.8, 4) is 6.07 Å². The summed E-state index contributed by atoms with van der Waals surface area (Å²) in [4.78, 5) is 25.6. The molecule has 4 rings (SSSR count). The first-order valence-corrected chi connectivity index (χ1v) is 12.9. The van der Waals surface area contributed by atoms with Gasteiger partial charge in [0.15, 0.2) is 0 Å². The number of fused-ring (bicyclic) bond motifs is 1. The van der Waals surface area contributed by atoms with Crippen molar-refractivity contribution in [2.75, 3.05) is 11.9 Å². The quantitative estimate of drug-likeness (QED) is 0.523. The van der Waals surface area contributed by atoms with Gasteiger partial charge in [0.1, 0.15) is 11.1 Å². The van der Waals surface area contributed by atoms with Gasteiger partial charge in [-0.2, -0.15) is 16.6 Å². The normalized spacial score (nSPS) is 22.4. The zero-order valence-corrected chi connectivity index (χ0v) is 19.8. The Labute approximate surface area is 201 Å². The molecule has 174 valence electrons. The Balaban J connectivity index is 1.30. The molecule has 1 fully saturated rings. The predicted octanol–water partition coefficient (Wildman–Crippen LogP) is 4.47. The van der Waals surface area contributed by atoms with Crippen LogP contribution in [0, 0.1) is 17.2 Å². The minimum Gasteiger partial charge on any atom is -0.449 e. The summed E-state index contributed by atoms with van der Waals surface area (Å²) in [7, 11) is 0. The second kappa shape index (κ2) is 11.0. The third-order valence-corrected chi connectivity index (χ3v) is 8.03. The lowest BCUT2D eigenvalue weighted by Crippen LogP contribution is -2.39. The minimum atomic E-state index is -0.406. The van der Waals surface area contributed by atoms with Gasteiger partial charge in [0.05, 0.1) is 18.3 Å². The van der Waals surface area contributed by atoms with E-state index in [1.807, 2.05) is 16.8 Å². The molecule has 0 bridgehead atoms. The van der Waals surface area contributed by atoms with Gasteiger partial charge in [-0.3, -0.25) is 4.79 Å². The van der Waals surface area contributed by atoms with Crippen LogP contribution in [0.15, 0.2) is 22.9 Å². The molecule has 0 aliphatic heterocycles. The van der Waals surface area contributed by atoms with Crippen LogP contribution < -0.4 is 10.6 Å². The number of rotatable bonds is 6. The van der Waals surface area contributed by atoms with Gasteiger partial charge < -0.3 is 20.5 Å². The number of nitrogens with zero attached hydrogens (tertiary/aromatic N) is 1. The number of amides is 2. The molecule has 9 heteroatoms. The molecule has 1 unspecified atom stereocenters. The van der Waals surface area contributed by atoms with Gasteiger partial charge in [-0.25, -0.2) is 4.79 Å². The molecule has 7 nitrogen and oxygen atoms in total. The molecule has 0 spiro atoms. The van der Waals surface area contributed by atoms with Crippen LogP contribution in [0.3, 0.4) is 0 Å². The van der Waals surface area contributed by atoms with E-state index in [4.69, 9.17) is 4.74 Å². The third-order valence-electron chi connectivity index (χ3n) is 6.16. The Morgan fingerprint density at radius 3 is 2.82 bits per heavy atom. The van der Waals surface area contributed by atoms with Crippen molar-refractivity contribution in [1.82, 2.24) is 5.32 Å². The molecule has 0 saturated heterocycles. The molecule has 1 atom stereocenters. The summed E-state index contributed by atoms with van der Waals surface area (Å²) < 4.78 is 5.47. The average Bonchev–Trinajstić information content (AvgIpc) is 3.44. The van der Waals surface area contributed by atoms with Gasteiger partial charge >= 0.3 is 6.09 Å². The number of hydrogen-bond acceptors (Lipinski definition) is 7. The van der Waals surface area contributed by atoms with E-state index < -0.39 is 6.09 Å². The molecule has 33 heavy (non-hydrogen) atoms. The van der Waals surface area contributed by atoms with E-state index in [1.54, 1.807) is 17.4 Å². The van der Waals surface area contributed by atoms with Crippen molar-refractivity contribution in [2.45, 2.75) is 57.1 Å². The van der Waals surface area contributed by atoms with Crippen LogP contribution >= 0.6 is 22.7 Å². The summed E-state index contributed by atoms with van der Waals surface area (Å²) in [6, 6.07) is 4.25. The van der Waals surface area contributed by atoms with Gasteiger partial charge in [-0.1, -0.05) is 0 Å². The van der Waals surface area contributed by atoms with Gasteiger partial charge in [0, 0.05) is 17.0 Å². The Kier molecular flexibility index (Phi) is 7.81. The highest BCUT2D eigenvalue weighted by atomic mass is 32.1. The van der Waals surface area contributed by atoms with E-state index in [0.29, 0.717) is 30.0 Å². The molecular weight excluding hydrogens is 458 g/mol. The number of aliphatic hydroxyl groups excluding tert-OH is 1. The number of anilines is 1. The van der Waals surface area contributed by atoms with E-state index in [0.717, 1.165) is 48.1 Å². The third kappa shape index (κ3) is 6.22. The standard InChI is InChI=1S/C24H27N3O4S2/c25-12-20-19-7-1-16(13-31-24(30)26-17-3-5-18(28)6-4-17)11-21(19)33-23(20)27-22(29)8-2-15-9-10-32-14-15/h2,8-10,14,16-18,28H,1,3-7,11,13H2,(H,26,30)(H,27,29). The lowest BCUT2D eigenvalue weighted by Gasteiger charge is -2.26. The summed E-state index contributed by atoms with van der Waals surface area (Å²) in [6.07, 6.45) is 7.79. The van der Waals surface area contributed by atoms with E-state index in [-0.39, 0.29) is 24.0 Å². The van der Waals surface area contributed by atoms with Crippen LogP contribution in [-0.2, 0) is 22.4 Å². The molecule has 2 aromatic heterocycles. The van der Waals surface area contributed by atoms with E-state index in [1.165, 1.54) is 17.4 Å². The van der Waals surface area contributed by atoms with E-state index in [9.17, 15) is 20.0 Å². The topological polar surface area (TPSA) is 111 Å². The number of aliphatic hydroxyl groups is 1. The maximum atomic E-state index is 12.3. The van der Waals surface area contributed by atoms with Gasteiger partial charge in [-0.05, 0) is 84.9 Å². The van der Waals surface area contributed by atoms with E-state index >= 15 is 0 Å². The van der Waals surface area contributed by atoms with Crippen molar-refractivity contribution in [2.24, 2.45) is 5.92 Å². The molecular formula is C24H27N3O4S2. The van der Waals surface area contributed by atoms with Crippen molar-refractivity contribution in [3.05, 3.63) is 44.5 Å². The lowest BCUT2D eigenvalue weighted by atomic mass is 9.88. The predicted molar refractivity (Wildman–Crippen MR) is 129 cm³/mol. The Bertz CT molecular complexity index is 1050. The summed E-state index contributed by atoms with van der Waals surface area (Å²) in [5.74, 6) is -0.0771. The zero-order valence-electron chi connectivity index (χ0n) is 18.2. The van der Waals surface area contributed by atoms with Crippen molar-refractivity contribution in [1.29, 1.82) is 5.26 Å². The number of carbonyl (C=O) groups excluding carboxylic acids is 2. The molecule has 0 radical (unpaired) electrons.